The number of hydrogen-bond acceptors (Lipinski definition) is 7. The molecule has 2 heterocycles. The summed E-state index contributed by atoms with van der Waals surface area (Å²) in [6.07, 6.45) is 17.0. The monoisotopic (exact) mass is 683 g/mol. The molecule has 6 rings (SSSR count). The molecule has 10 heteroatoms. The van der Waals surface area contributed by atoms with Crippen molar-refractivity contribution in [3.8, 4) is 0 Å². The van der Waals surface area contributed by atoms with Crippen molar-refractivity contribution < 1.29 is 23.8 Å². The van der Waals surface area contributed by atoms with Crippen LogP contribution in [0.4, 0.5) is 0 Å². The summed E-state index contributed by atoms with van der Waals surface area (Å²) in [5.74, 6) is 3.25. The molecule has 0 radical (unpaired) electrons. The van der Waals surface area contributed by atoms with Crippen LogP contribution in [0.15, 0.2) is 16.6 Å². The van der Waals surface area contributed by atoms with Gasteiger partial charge in [-0.15, -0.1) is 0 Å². The quantitative estimate of drug-likeness (QED) is 0.0706. The van der Waals surface area contributed by atoms with Crippen LogP contribution in [0.25, 0.3) is 0 Å². The normalized spacial score (nSPS) is 41.4. The number of esters is 1. The van der Waals surface area contributed by atoms with E-state index in [1.807, 2.05) is 0 Å². The highest BCUT2D eigenvalue weighted by Crippen LogP contribution is 2.70. The number of nitrogens with two attached hydrogens (primary N) is 3. The van der Waals surface area contributed by atoms with Gasteiger partial charge in [-0.1, -0.05) is 45.8 Å². The van der Waals surface area contributed by atoms with Gasteiger partial charge in [0.25, 0.3) is 0 Å². The van der Waals surface area contributed by atoms with E-state index in [4.69, 9.17) is 31.4 Å². The fourth-order valence-corrected chi connectivity index (χ4v) is 11.6. The standard InChI is InChI=1S/C39H65N5O5/c1-24-13-18-39(47-23-24)25(2)34-32(49-39)22-30-28-12-11-26-21-27(14-16-37(26,3)29(28)15-17-38(30,34)4)48-33(45)10-6-5-7-19-43-35(46)31(40)9-8-20-44-36(41)42/h11,24-25,27-32,34H,5-10,12-23,40H2,1-4H3,(H,43,46)(H4,41,42,44). The first-order valence-electron chi connectivity index (χ1n) is 19.7. The van der Waals surface area contributed by atoms with Gasteiger partial charge in [0.2, 0.25) is 5.91 Å². The Morgan fingerprint density at radius 2 is 1.88 bits per heavy atom. The first-order valence-corrected chi connectivity index (χ1v) is 19.7. The Morgan fingerprint density at radius 1 is 1.06 bits per heavy atom. The van der Waals surface area contributed by atoms with Crippen molar-refractivity contribution in [1.82, 2.24) is 5.32 Å². The number of nitrogens with one attached hydrogen (secondary N) is 1. The van der Waals surface area contributed by atoms with Gasteiger partial charge in [0.05, 0.1) is 18.8 Å². The summed E-state index contributed by atoms with van der Waals surface area (Å²) < 4.78 is 19.5. The molecule has 12 unspecified atom stereocenters. The highest BCUT2D eigenvalue weighted by Gasteiger charge is 2.68. The zero-order valence-corrected chi connectivity index (χ0v) is 30.7. The zero-order valence-electron chi connectivity index (χ0n) is 30.7. The number of amides is 1. The van der Waals surface area contributed by atoms with Crippen molar-refractivity contribution >= 4 is 17.8 Å². The maximum absolute atomic E-state index is 12.8. The van der Waals surface area contributed by atoms with E-state index < -0.39 is 6.04 Å². The van der Waals surface area contributed by atoms with Crippen LogP contribution in [0.3, 0.4) is 0 Å². The summed E-state index contributed by atoms with van der Waals surface area (Å²) in [4.78, 5) is 28.9. The van der Waals surface area contributed by atoms with E-state index in [1.54, 1.807) is 0 Å². The summed E-state index contributed by atoms with van der Waals surface area (Å²) in [5, 5.41) is 2.89. The van der Waals surface area contributed by atoms with Crippen LogP contribution in [0.2, 0.25) is 0 Å². The van der Waals surface area contributed by atoms with Gasteiger partial charge in [-0.25, -0.2) is 0 Å². The van der Waals surface area contributed by atoms with Gasteiger partial charge in [0, 0.05) is 38.3 Å². The number of hydrogen-bond donors (Lipinski definition) is 4. The van der Waals surface area contributed by atoms with Gasteiger partial charge in [-0.2, -0.15) is 0 Å². The predicted molar refractivity (Wildman–Crippen MR) is 191 cm³/mol. The van der Waals surface area contributed by atoms with E-state index in [-0.39, 0.29) is 35.1 Å². The number of aliphatic imine (C=N–C) groups is 1. The Balaban J connectivity index is 0.932. The van der Waals surface area contributed by atoms with Crippen molar-refractivity contribution in [2.45, 2.75) is 148 Å². The molecule has 0 aromatic heterocycles. The molecule has 1 amide bonds. The molecule has 6 aliphatic rings. The SMILES string of the molecule is CC1CCC2(OC1)OC1CC3C4CC=C5CC(OC(=O)CCCCCNC(=O)C(N)CCCN=C(N)N)CCC5(C)C4CCC3(C)C1C2C. The third kappa shape index (κ3) is 7.30. The van der Waals surface area contributed by atoms with E-state index in [2.05, 4.69) is 44.1 Å². The van der Waals surface area contributed by atoms with Crippen LogP contribution >= 0.6 is 0 Å². The first-order chi connectivity index (χ1) is 23.4. The molecule has 4 aliphatic carbocycles. The Morgan fingerprint density at radius 3 is 2.63 bits per heavy atom. The van der Waals surface area contributed by atoms with Crippen LogP contribution in [0.5, 0.6) is 0 Å². The molecule has 10 nitrogen and oxygen atoms in total. The molecule has 49 heavy (non-hydrogen) atoms. The highest BCUT2D eigenvalue weighted by atomic mass is 16.7. The lowest BCUT2D eigenvalue weighted by atomic mass is 9.47. The topological polar surface area (TPSA) is 164 Å². The second-order valence-electron chi connectivity index (χ2n) is 17.3. The molecule has 5 fully saturated rings. The van der Waals surface area contributed by atoms with Crippen molar-refractivity contribution in [3.05, 3.63) is 11.6 Å². The number of nitrogens with zero attached hydrogens (tertiary/aromatic N) is 1. The Hall–Kier alpha value is -2.17. The smallest absolute Gasteiger partial charge is 0.306 e. The molecular weight excluding hydrogens is 618 g/mol. The van der Waals surface area contributed by atoms with Crippen LogP contribution in [-0.4, -0.2) is 61.6 Å². The summed E-state index contributed by atoms with van der Waals surface area (Å²) in [6.45, 7) is 11.7. The van der Waals surface area contributed by atoms with E-state index in [0.29, 0.717) is 79.4 Å². The summed E-state index contributed by atoms with van der Waals surface area (Å²) in [7, 11) is 0. The second kappa shape index (κ2) is 14.8. The number of guanidine groups is 1. The Bertz CT molecular complexity index is 1260. The third-order valence-corrected chi connectivity index (χ3v) is 14.3. The first kappa shape index (κ1) is 36.6. The van der Waals surface area contributed by atoms with E-state index in [0.717, 1.165) is 58.0 Å². The molecule has 1 spiro atoms. The average Bonchev–Trinajstić information content (AvgIpc) is 3.51. The number of fused-ring (bicyclic) bond motifs is 7. The maximum Gasteiger partial charge on any atom is 0.306 e. The summed E-state index contributed by atoms with van der Waals surface area (Å²) in [5.41, 5.74) is 18.7. The zero-order chi connectivity index (χ0) is 35.0. The van der Waals surface area contributed by atoms with Crippen molar-refractivity contribution in [2.24, 2.45) is 68.5 Å². The molecule has 12 atom stereocenters. The Kier molecular flexibility index (Phi) is 11.1. The number of carbonyl (C=O) groups is 2. The highest BCUT2D eigenvalue weighted by molar-refractivity contribution is 5.81. The van der Waals surface area contributed by atoms with E-state index in [1.165, 1.54) is 31.3 Å². The molecule has 0 bridgehead atoms. The Labute approximate surface area is 294 Å². The molecule has 0 aromatic carbocycles. The molecular formula is C39H65N5O5. The maximum atomic E-state index is 12.8. The largest absolute Gasteiger partial charge is 0.462 e. The lowest BCUT2D eigenvalue weighted by Gasteiger charge is -2.58. The summed E-state index contributed by atoms with van der Waals surface area (Å²) in [6, 6.07) is -0.570. The van der Waals surface area contributed by atoms with Crippen LogP contribution < -0.4 is 22.5 Å². The average molecular weight is 684 g/mol. The van der Waals surface area contributed by atoms with Crippen LogP contribution in [0.1, 0.15) is 124 Å². The number of ether oxygens (including phenoxy) is 3. The number of allylic oxidation sites excluding steroid dienone is 1. The minimum atomic E-state index is -0.570. The minimum absolute atomic E-state index is 0.0144. The molecule has 7 N–H and O–H groups in total. The van der Waals surface area contributed by atoms with Gasteiger partial charge in [-0.05, 0) is 111 Å². The molecule has 276 valence electrons. The van der Waals surface area contributed by atoms with Crippen molar-refractivity contribution in [3.63, 3.8) is 0 Å². The fraction of sp³-hybridized carbons (Fsp3) is 0.872. The molecule has 2 saturated heterocycles. The number of carbonyl (C=O) groups excluding carboxylic acids is 2. The van der Waals surface area contributed by atoms with E-state index in [9.17, 15) is 9.59 Å². The van der Waals surface area contributed by atoms with Gasteiger partial charge in [0.1, 0.15) is 6.10 Å². The lowest BCUT2D eigenvalue weighted by molar-refractivity contribution is -0.272. The molecule has 0 aromatic rings. The van der Waals surface area contributed by atoms with Crippen LogP contribution in [0, 0.1) is 46.3 Å². The predicted octanol–water partition coefficient (Wildman–Crippen LogP) is 5.32. The lowest BCUT2D eigenvalue weighted by Crippen LogP contribution is -2.52. The minimum Gasteiger partial charge on any atom is -0.462 e. The summed E-state index contributed by atoms with van der Waals surface area (Å²) >= 11 is 0. The van der Waals surface area contributed by atoms with E-state index >= 15 is 0 Å². The van der Waals surface area contributed by atoms with Crippen molar-refractivity contribution in [1.29, 1.82) is 0 Å². The fourth-order valence-electron chi connectivity index (χ4n) is 11.6. The number of unbranched alkanes of at least 4 members (excludes halogenated alkanes) is 2. The van der Waals surface area contributed by atoms with Gasteiger partial charge in [-0.3, -0.25) is 14.6 Å². The molecule has 2 aliphatic heterocycles. The van der Waals surface area contributed by atoms with Gasteiger partial charge in [0.15, 0.2) is 11.7 Å². The third-order valence-electron chi connectivity index (χ3n) is 14.3. The van der Waals surface area contributed by atoms with Crippen LogP contribution in [-0.2, 0) is 23.8 Å². The second-order valence-corrected chi connectivity index (χ2v) is 17.3. The van der Waals surface area contributed by atoms with Gasteiger partial charge >= 0.3 is 5.97 Å². The van der Waals surface area contributed by atoms with Crippen molar-refractivity contribution in [2.75, 3.05) is 19.7 Å². The number of rotatable bonds is 12. The molecule has 3 saturated carbocycles. The van der Waals surface area contributed by atoms with Gasteiger partial charge < -0.3 is 36.7 Å².